The molecular formula is C14H9BrFN3O. The maximum Gasteiger partial charge on any atom is 0.276 e. The van der Waals surface area contributed by atoms with Gasteiger partial charge in [0.25, 0.3) is 5.91 Å². The highest BCUT2D eigenvalue weighted by Crippen LogP contribution is 2.21. The van der Waals surface area contributed by atoms with Crippen LogP contribution in [-0.2, 0) is 0 Å². The predicted molar refractivity (Wildman–Crippen MR) is 78.1 cm³/mol. The molecule has 0 unspecified atom stereocenters. The number of amides is 1. The van der Waals surface area contributed by atoms with Crippen LogP contribution in [0, 0.1) is 5.82 Å². The summed E-state index contributed by atoms with van der Waals surface area (Å²) in [7, 11) is 0. The fourth-order valence-electron chi connectivity index (χ4n) is 1.89. The molecule has 4 nitrogen and oxygen atoms in total. The van der Waals surface area contributed by atoms with E-state index in [0.717, 1.165) is 15.4 Å². The van der Waals surface area contributed by atoms with E-state index in [0.29, 0.717) is 11.4 Å². The van der Waals surface area contributed by atoms with Gasteiger partial charge in [0, 0.05) is 15.5 Å². The first kappa shape index (κ1) is 12.8. The number of fused-ring (bicyclic) bond motifs is 1. The number of nitrogens with zero attached hydrogens (tertiary/aromatic N) is 1. The molecule has 0 aliphatic rings. The van der Waals surface area contributed by atoms with Crippen LogP contribution in [0.1, 0.15) is 10.5 Å². The van der Waals surface area contributed by atoms with E-state index in [4.69, 9.17) is 0 Å². The van der Waals surface area contributed by atoms with E-state index in [1.165, 1.54) is 24.3 Å². The van der Waals surface area contributed by atoms with Crippen molar-refractivity contribution < 1.29 is 9.18 Å². The zero-order chi connectivity index (χ0) is 14.1. The van der Waals surface area contributed by atoms with E-state index in [2.05, 4.69) is 31.4 Å². The number of halogens is 2. The minimum atomic E-state index is -0.349. The highest BCUT2D eigenvalue weighted by molar-refractivity contribution is 9.10. The van der Waals surface area contributed by atoms with E-state index in [1.54, 1.807) is 0 Å². The lowest BCUT2D eigenvalue weighted by atomic mass is 10.2. The van der Waals surface area contributed by atoms with Crippen LogP contribution in [0.3, 0.4) is 0 Å². The van der Waals surface area contributed by atoms with Crippen molar-refractivity contribution >= 4 is 38.4 Å². The molecule has 0 saturated heterocycles. The fraction of sp³-hybridized carbons (Fsp3) is 0. The lowest BCUT2D eigenvalue weighted by Gasteiger charge is -2.03. The molecule has 3 rings (SSSR count). The summed E-state index contributed by atoms with van der Waals surface area (Å²) in [5.74, 6) is -0.691. The second-order valence-corrected chi connectivity index (χ2v) is 5.14. The van der Waals surface area contributed by atoms with Gasteiger partial charge in [-0.05, 0) is 42.5 Å². The van der Waals surface area contributed by atoms with Crippen LogP contribution < -0.4 is 5.32 Å². The Labute approximate surface area is 122 Å². The quantitative estimate of drug-likeness (QED) is 0.750. The third-order valence-electron chi connectivity index (χ3n) is 2.84. The Balaban J connectivity index is 1.91. The molecule has 0 fully saturated rings. The van der Waals surface area contributed by atoms with Gasteiger partial charge >= 0.3 is 0 Å². The number of benzene rings is 2. The molecule has 1 aromatic heterocycles. The molecule has 0 bridgehead atoms. The van der Waals surface area contributed by atoms with Crippen LogP contribution in [0.2, 0.25) is 0 Å². The summed E-state index contributed by atoms with van der Waals surface area (Å²) in [6.45, 7) is 0. The monoisotopic (exact) mass is 333 g/mol. The molecular weight excluding hydrogens is 325 g/mol. The summed E-state index contributed by atoms with van der Waals surface area (Å²) in [5.41, 5.74) is 1.59. The van der Waals surface area contributed by atoms with E-state index in [-0.39, 0.29) is 11.7 Å². The Kier molecular flexibility index (Phi) is 3.23. The molecule has 100 valence electrons. The van der Waals surface area contributed by atoms with Gasteiger partial charge in [0.2, 0.25) is 0 Å². The van der Waals surface area contributed by atoms with E-state index in [9.17, 15) is 9.18 Å². The third-order valence-corrected chi connectivity index (χ3v) is 3.34. The number of hydrogen-bond donors (Lipinski definition) is 2. The van der Waals surface area contributed by atoms with Crippen molar-refractivity contribution in [1.29, 1.82) is 0 Å². The number of hydrogen-bond acceptors (Lipinski definition) is 2. The van der Waals surface area contributed by atoms with Crippen LogP contribution >= 0.6 is 15.9 Å². The lowest BCUT2D eigenvalue weighted by molar-refractivity contribution is 0.102. The number of carbonyl (C=O) groups is 1. The van der Waals surface area contributed by atoms with Crippen molar-refractivity contribution in [2.75, 3.05) is 5.32 Å². The molecule has 6 heteroatoms. The second kappa shape index (κ2) is 5.05. The average molecular weight is 334 g/mol. The Morgan fingerprint density at radius 2 is 1.95 bits per heavy atom. The Morgan fingerprint density at radius 3 is 2.70 bits per heavy atom. The summed E-state index contributed by atoms with van der Waals surface area (Å²) < 4.78 is 13.7. The molecule has 20 heavy (non-hydrogen) atoms. The van der Waals surface area contributed by atoms with Crippen LogP contribution in [0.15, 0.2) is 46.9 Å². The van der Waals surface area contributed by atoms with Crippen molar-refractivity contribution in [1.82, 2.24) is 10.2 Å². The zero-order valence-corrected chi connectivity index (χ0v) is 11.7. The first-order chi connectivity index (χ1) is 9.63. The van der Waals surface area contributed by atoms with Gasteiger partial charge in [-0.3, -0.25) is 9.89 Å². The largest absolute Gasteiger partial charge is 0.321 e. The number of H-pyrrole nitrogens is 1. The molecule has 0 radical (unpaired) electrons. The normalized spacial score (nSPS) is 10.7. The lowest BCUT2D eigenvalue weighted by Crippen LogP contribution is -2.12. The molecule has 0 saturated carbocycles. The van der Waals surface area contributed by atoms with Crippen LogP contribution in [0.4, 0.5) is 10.1 Å². The van der Waals surface area contributed by atoms with Gasteiger partial charge in [-0.1, -0.05) is 15.9 Å². The van der Waals surface area contributed by atoms with E-state index >= 15 is 0 Å². The number of rotatable bonds is 2. The first-order valence-electron chi connectivity index (χ1n) is 5.84. The van der Waals surface area contributed by atoms with Crippen molar-refractivity contribution in [2.45, 2.75) is 0 Å². The minimum Gasteiger partial charge on any atom is -0.321 e. The maximum absolute atomic E-state index is 12.8. The van der Waals surface area contributed by atoms with E-state index in [1.807, 2.05) is 18.2 Å². The minimum absolute atomic E-state index is 0.303. The highest BCUT2D eigenvalue weighted by Gasteiger charge is 2.14. The molecule has 2 aromatic carbocycles. The van der Waals surface area contributed by atoms with Gasteiger partial charge in [-0.2, -0.15) is 5.10 Å². The number of carbonyl (C=O) groups excluding carboxylic acids is 1. The number of anilines is 1. The van der Waals surface area contributed by atoms with Crippen molar-refractivity contribution in [2.24, 2.45) is 0 Å². The van der Waals surface area contributed by atoms with E-state index < -0.39 is 0 Å². The number of nitrogens with one attached hydrogen (secondary N) is 2. The molecule has 0 aliphatic heterocycles. The Hall–Kier alpha value is -2.21. The summed E-state index contributed by atoms with van der Waals surface area (Å²) in [6, 6.07) is 11.1. The summed E-state index contributed by atoms with van der Waals surface area (Å²) >= 11 is 3.36. The molecule has 1 amide bonds. The number of aromatic nitrogens is 2. The van der Waals surface area contributed by atoms with Crippen molar-refractivity contribution in [3.63, 3.8) is 0 Å². The molecule has 0 atom stereocenters. The zero-order valence-electron chi connectivity index (χ0n) is 10.2. The molecule has 1 heterocycles. The van der Waals surface area contributed by atoms with Crippen LogP contribution in [0.5, 0.6) is 0 Å². The van der Waals surface area contributed by atoms with Crippen molar-refractivity contribution in [3.8, 4) is 0 Å². The Bertz CT molecular complexity index is 783. The van der Waals surface area contributed by atoms with Crippen molar-refractivity contribution in [3.05, 3.63) is 58.4 Å². The maximum atomic E-state index is 12.8. The Morgan fingerprint density at radius 1 is 1.20 bits per heavy atom. The van der Waals surface area contributed by atoms with Gasteiger partial charge in [-0.15, -0.1) is 0 Å². The first-order valence-corrected chi connectivity index (χ1v) is 6.63. The smallest absolute Gasteiger partial charge is 0.276 e. The van der Waals surface area contributed by atoms with Crippen LogP contribution in [0.25, 0.3) is 10.9 Å². The predicted octanol–water partition coefficient (Wildman–Crippen LogP) is 3.72. The van der Waals surface area contributed by atoms with Gasteiger partial charge in [0.15, 0.2) is 5.69 Å². The highest BCUT2D eigenvalue weighted by atomic mass is 79.9. The summed E-state index contributed by atoms with van der Waals surface area (Å²) in [4.78, 5) is 12.2. The van der Waals surface area contributed by atoms with Gasteiger partial charge in [0.1, 0.15) is 5.82 Å². The second-order valence-electron chi connectivity index (χ2n) is 4.22. The summed E-state index contributed by atoms with van der Waals surface area (Å²) in [5, 5.41) is 10.2. The SMILES string of the molecule is O=C(Nc1ccc(F)cc1)c1n[nH]c2cc(Br)ccc12. The number of aromatic amines is 1. The summed E-state index contributed by atoms with van der Waals surface area (Å²) in [6.07, 6.45) is 0. The molecule has 0 aliphatic carbocycles. The standard InChI is InChI=1S/C14H9BrFN3O/c15-8-1-6-11-12(7-8)18-19-13(11)14(20)17-10-4-2-9(16)3-5-10/h1-7H,(H,17,20)(H,18,19). The molecule has 2 N–H and O–H groups in total. The third kappa shape index (κ3) is 2.42. The average Bonchev–Trinajstić information content (AvgIpc) is 2.84. The fourth-order valence-corrected chi connectivity index (χ4v) is 2.25. The van der Waals surface area contributed by atoms with Gasteiger partial charge in [0.05, 0.1) is 5.52 Å². The van der Waals surface area contributed by atoms with Gasteiger partial charge < -0.3 is 5.32 Å². The van der Waals surface area contributed by atoms with Gasteiger partial charge in [-0.25, -0.2) is 4.39 Å². The molecule has 0 spiro atoms. The van der Waals surface area contributed by atoms with Crippen LogP contribution in [-0.4, -0.2) is 16.1 Å². The topological polar surface area (TPSA) is 57.8 Å². The molecule has 3 aromatic rings.